The molecule has 1 aromatic rings. The Balaban J connectivity index is 0.00000312. The fourth-order valence-corrected chi connectivity index (χ4v) is 3.60. The Morgan fingerprint density at radius 3 is 2.38 bits per heavy atom. The minimum absolute atomic E-state index is 0. The molecule has 26 heavy (non-hydrogen) atoms. The number of halogens is 5. The standard InChI is InChI=1S/C14H20F3N3O3S.2ClH/c15-14(16,17)23-12-4-1-2-5-13(12)24(21,22)19-6-3-9-20-10-7-18-8-11-20;;/h1-2,4-5,18-19H,3,6-11H2;2*1H. The van der Waals surface area contributed by atoms with Gasteiger partial charge in [-0.2, -0.15) is 0 Å². The van der Waals surface area contributed by atoms with Crippen molar-refractivity contribution in [1.29, 1.82) is 0 Å². The van der Waals surface area contributed by atoms with Gasteiger partial charge in [0.1, 0.15) is 10.6 Å². The monoisotopic (exact) mass is 439 g/mol. The molecule has 1 saturated heterocycles. The van der Waals surface area contributed by atoms with Gasteiger partial charge in [-0.3, -0.25) is 0 Å². The molecule has 0 amide bonds. The predicted octanol–water partition coefficient (Wildman–Crippen LogP) is 2.00. The van der Waals surface area contributed by atoms with Crippen molar-refractivity contribution in [1.82, 2.24) is 14.9 Å². The van der Waals surface area contributed by atoms with Crippen LogP contribution in [-0.4, -0.2) is 58.9 Å². The topological polar surface area (TPSA) is 70.7 Å². The first-order valence-corrected chi connectivity index (χ1v) is 9.04. The van der Waals surface area contributed by atoms with Crippen LogP contribution in [0.2, 0.25) is 0 Å². The number of rotatable bonds is 7. The number of piperazine rings is 1. The van der Waals surface area contributed by atoms with Gasteiger partial charge in [0.25, 0.3) is 0 Å². The summed E-state index contributed by atoms with van der Waals surface area (Å²) in [4.78, 5) is 1.68. The first-order valence-electron chi connectivity index (χ1n) is 7.55. The third-order valence-corrected chi connectivity index (χ3v) is 5.02. The lowest BCUT2D eigenvalue weighted by molar-refractivity contribution is -0.275. The van der Waals surface area contributed by atoms with Crippen molar-refractivity contribution in [3.05, 3.63) is 24.3 Å². The summed E-state index contributed by atoms with van der Waals surface area (Å²) in [7, 11) is -4.07. The molecule has 0 unspecified atom stereocenters. The van der Waals surface area contributed by atoms with E-state index in [0.29, 0.717) is 6.42 Å². The fourth-order valence-electron chi connectivity index (χ4n) is 2.40. The quantitative estimate of drug-likeness (QED) is 0.635. The molecule has 6 nitrogen and oxygen atoms in total. The summed E-state index contributed by atoms with van der Waals surface area (Å²) < 4.78 is 67.6. The average molecular weight is 440 g/mol. The van der Waals surface area contributed by atoms with E-state index in [2.05, 4.69) is 19.7 Å². The molecule has 152 valence electrons. The fraction of sp³-hybridized carbons (Fsp3) is 0.571. The molecule has 1 aromatic carbocycles. The highest BCUT2D eigenvalue weighted by atomic mass is 35.5. The zero-order chi connectivity index (χ0) is 17.6. The summed E-state index contributed by atoms with van der Waals surface area (Å²) in [5.41, 5.74) is 0. The van der Waals surface area contributed by atoms with E-state index in [4.69, 9.17) is 0 Å². The van der Waals surface area contributed by atoms with Crippen molar-refractivity contribution in [2.45, 2.75) is 17.7 Å². The van der Waals surface area contributed by atoms with Gasteiger partial charge in [-0.25, -0.2) is 13.1 Å². The molecule has 1 aliphatic rings. The number of hydrogen-bond donors (Lipinski definition) is 2. The van der Waals surface area contributed by atoms with Crippen molar-refractivity contribution >= 4 is 34.8 Å². The van der Waals surface area contributed by atoms with E-state index in [1.807, 2.05) is 0 Å². The van der Waals surface area contributed by atoms with Gasteiger partial charge in [-0.1, -0.05) is 12.1 Å². The molecule has 0 aromatic heterocycles. The van der Waals surface area contributed by atoms with E-state index in [1.165, 1.54) is 12.1 Å². The highest BCUT2D eigenvalue weighted by Gasteiger charge is 2.33. The molecule has 0 spiro atoms. The molecule has 2 N–H and O–H groups in total. The third-order valence-electron chi connectivity index (χ3n) is 3.52. The van der Waals surface area contributed by atoms with Gasteiger partial charge in [0.05, 0.1) is 0 Å². The van der Waals surface area contributed by atoms with E-state index in [0.717, 1.165) is 44.9 Å². The summed E-state index contributed by atoms with van der Waals surface area (Å²) >= 11 is 0. The van der Waals surface area contributed by atoms with E-state index < -0.39 is 27.0 Å². The Morgan fingerprint density at radius 1 is 1.15 bits per heavy atom. The molecule has 1 fully saturated rings. The minimum atomic E-state index is -4.95. The normalized spacial score (nSPS) is 15.7. The highest BCUT2D eigenvalue weighted by Crippen LogP contribution is 2.29. The number of ether oxygens (including phenoxy) is 1. The van der Waals surface area contributed by atoms with Gasteiger partial charge < -0.3 is 15.0 Å². The first-order chi connectivity index (χ1) is 11.3. The summed E-state index contributed by atoms with van der Waals surface area (Å²) in [6.45, 7) is 4.46. The number of alkyl halides is 3. The largest absolute Gasteiger partial charge is 0.573 e. The second-order valence-corrected chi connectivity index (χ2v) is 7.07. The van der Waals surface area contributed by atoms with Crippen LogP contribution in [0.3, 0.4) is 0 Å². The van der Waals surface area contributed by atoms with Crippen molar-refractivity contribution < 1.29 is 26.3 Å². The minimum Gasteiger partial charge on any atom is -0.404 e. The van der Waals surface area contributed by atoms with Gasteiger partial charge in [0.2, 0.25) is 10.0 Å². The lowest BCUT2D eigenvalue weighted by Gasteiger charge is -2.27. The Hall–Kier alpha value is -0.780. The summed E-state index contributed by atoms with van der Waals surface area (Å²) in [5.74, 6) is -0.736. The zero-order valence-electron chi connectivity index (χ0n) is 13.8. The predicted molar refractivity (Wildman–Crippen MR) is 96.7 cm³/mol. The zero-order valence-corrected chi connectivity index (χ0v) is 16.2. The van der Waals surface area contributed by atoms with Crippen molar-refractivity contribution in [3.63, 3.8) is 0 Å². The highest BCUT2D eigenvalue weighted by molar-refractivity contribution is 7.89. The molecule has 0 saturated carbocycles. The lowest BCUT2D eigenvalue weighted by Crippen LogP contribution is -2.44. The lowest BCUT2D eigenvalue weighted by atomic mass is 10.3. The van der Waals surface area contributed by atoms with Gasteiger partial charge >= 0.3 is 6.36 Å². The van der Waals surface area contributed by atoms with Crippen molar-refractivity contribution in [3.8, 4) is 5.75 Å². The molecule has 1 aliphatic heterocycles. The number of hydrogen-bond acceptors (Lipinski definition) is 5. The van der Waals surface area contributed by atoms with Crippen molar-refractivity contribution in [2.24, 2.45) is 0 Å². The van der Waals surface area contributed by atoms with Crippen molar-refractivity contribution in [2.75, 3.05) is 39.3 Å². The Labute approximate surface area is 163 Å². The smallest absolute Gasteiger partial charge is 0.404 e. The first kappa shape index (κ1) is 25.2. The second kappa shape index (κ2) is 11.2. The second-order valence-electron chi connectivity index (χ2n) is 5.34. The molecule has 0 aliphatic carbocycles. The molecule has 0 radical (unpaired) electrons. The number of benzene rings is 1. The van der Waals surface area contributed by atoms with Crippen LogP contribution in [0.4, 0.5) is 13.2 Å². The third kappa shape index (κ3) is 8.28. The number of nitrogens with one attached hydrogen (secondary N) is 2. The van der Waals surface area contributed by atoms with E-state index >= 15 is 0 Å². The average Bonchev–Trinajstić information content (AvgIpc) is 2.51. The Bertz CT molecular complexity index is 642. The van der Waals surface area contributed by atoms with Crippen LogP contribution in [0.25, 0.3) is 0 Å². The maximum absolute atomic E-state index is 12.4. The van der Waals surface area contributed by atoms with E-state index in [9.17, 15) is 21.6 Å². The van der Waals surface area contributed by atoms with Crippen LogP contribution in [0.15, 0.2) is 29.2 Å². The number of nitrogens with zero attached hydrogens (tertiary/aromatic N) is 1. The SMILES string of the molecule is Cl.Cl.O=S(=O)(NCCCN1CCNCC1)c1ccccc1OC(F)(F)F. The van der Waals surface area contributed by atoms with Gasteiger partial charge in [-0.15, -0.1) is 38.0 Å². The maximum Gasteiger partial charge on any atom is 0.573 e. The van der Waals surface area contributed by atoms with E-state index in [1.54, 1.807) is 0 Å². The summed E-state index contributed by atoms with van der Waals surface area (Å²) in [6, 6.07) is 4.69. The number of sulfonamides is 1. The Kier molecular flexibility index (Phi) is 10.8. The summed E-state index contributed by atoms with van der Waals surface area (Å²) in [5, 5.41) is 3.22. The summed E-state index contributed by atoms with van der Waals surface area (Å²) in [6.07, 6.45) is -4.38. The van der Waals surface area contributed by atoms with Gasteiger partial charge in [-0.05, 0) is 25.1 Å². The van der Waals surface area contributed by atoms with Crippen LogP contribution in [0.5, 0.6) is 5.75 Å². The van der Waals surface area contributed by atoms with E-state index in [-0.39, 0.29) is 31.4 Å². The molecular formula is C14H22Cl2F3N3O3S. The van der Waals surface area contributed by atoms with Crippen LogP contribution < -0.4 is 14.8 Å². The van der Waals surface area contributed by atoms with Gasteiger partial charge in [0, 0.05) is 32.7 Å². The van der Waals surface area contributed by atoms with Crippen LogP contribution in [0.1, 0.15) is 6.42 Å². The maximum atomic E-state index is 12.4. The van der Waals surface area contributed by atoms with Crippen LogP contribution >= 0.6 is 24.8 Å². The van der Waals surface area contributed by atoms with Gasteiger partial charge in [0.15, 0.2) is 0 Å². The Morgan fingerprint density at radius 2 is 1.77 bits per heavy atom. The molecule has 0 atom stereocenters. The van der Waals surface area contributed by atoms with Crippen LogP contribution in [0, 0.1) is 0 Å². The molecule has 12 heteroatoms. The molecule has 0 bridgehead atoms. The molecule has 1 heterocycles. The molecule has 2 rings (SSSR count). The van der Waals surface area contributed by atoms with Crippen LogP contribution in [-0.2, 0) is 10.0 Å². The number of para-hydroxylation sites is 1. The molecular weight excluding hydrogens is 418 g/mol.